The predicted molar refractivity (Wildman–Crippen MR) is 77.7 cm³/mol. The third-order valence-corrected chi connectivity index (χ3v) is 6.32. The minimum Gasteiger partial charge on any atom is -0.346 e. The molecule has 112 valence electrons. The van der Waals surface area contributed by atoms with Gasteiger partial charge in [-0.25, -0.2) is 12.7 Å². The Morgan fingerprint density at radius 1 is 1.45 bits per heavy atom. The lowest BCUT2D eigenvalue weighted by Crippen LogP contribution is -2.29. The van der Waals surface area contributed by atoms with Gasteiger partial charge in [0.1, 0.15) is 4.90 Å². The van der Waals surface area contributed by atoms with Crippen LogP contribution in [0.4, 0.5) is 0 Å². The van der Waals surface area contributed by atoms with E-state index >= 15 is 0 Å². The average molecular weight is 297 g/mol. The zero-order valence-corrected chi connectivity index (χ0v) is 12.9. The minimum atomic E-state index is -3.38. The highest BCUT2D eigenvalue weighted by molar-refractivity contribution is 7.89. The van der Waals surface area contributed by atoms with Gasteiger partial charge >= 0.3 is 0 Å². The smallest absolute Gasteiger partial charge is 0.244 e. The maximum Gasteiger partial charge on any atom is 0.244 e. The van der Waals surface area contributed by atoms with Crippen molar-refractivity contribution >= 4 is 10.0 Å². The molecule has 1 aromatic rings. The maximum atomic E-state index is 12.6. The number of hydrogen-bond donors (Lipinski definition) is 1. The number of sulfonamides is 1. The van der Waals surface area contributed by atoms with Crippen molar-refractivity contribution in [3.8, 4) is 0 Å². The van der Waals surface area contributed by atoms with Crippen LogP contribution in [0, 0.1) is 11.8 Å². The van der Waals surface area contributed by atoms with Gasteiger partial charge < -0.3 is 10.3 Å². The van der Waals surface area contributed by atoms with Gasteiger partial charge in [0.15, 0.2) is 0 Å². The zero-order valence-electron chi connectivity index (χ0n) is 12.1. The van der Waals surface area contributed by atoms with Gasteiger partial charge in [-0.15, -0.1) is 0 Å². The molecule has 0 aromatic carbocycles. The Morgan fingerprint density at radius 2 is 2.10 bits per heavy atom. The van der Waals surface area contributed by atoms with Gasteiger partial charge in [0, 0.05) is 38.1 Å². The lowest BCUT2D eigenvalue weighted by molar-refractivity contribution is 0.444. The zero-order chi connectivity index (χ0) is 14.5. The summed E-state index contributed by atoms with van der Waals surface area (Å²) >= 11 is 0. The molecule has 2 atom stereocenters. The molecule has 1 heterocycles. The van der Waals surface area contributed by atoms with Crippen molar-refractivity contribution < 1.29 is 8.42 Å². The molecule has 3 rings (SSSR count). The summed E-state index contributed by atoms with van der Waals surface area (Å²) in [7, 11) is -1.70. The Balaban J connectivity index is 1.82. The molecule has 2 aliphatic rings. The largest absolute Gasteiger partial charge is 0.346 e. The van der Waals surface area contributed by atoms with Crippen molar-refractivity contribution in [3.05, 3.63) is 18.0 Å². The standard InChI is InChI=1S/C14H23N3O2S/c1-10-5-11(10)8-16(2)20(18,19)14-6-13(7-15)17(9-14)12-3-4-12/h6,9-12H,3-5,7-8,15H2,1-2H3. The van der Waals surface area contributed by atoms with Crippen LogP contribution in [0.3, 0.4) is 0 Å². The summed E-state index contributed by atoms with van der Waals surface area (Å²) in [6.07, 6.45) is 5.15. The Bertz CT molecular complexity index is 604. The van der Waals surface area contributed by atoms with Crippen molar-refractivity contribution in [1.29, 1.82) is 0 Å². The van der Waals surface area contributed by atoms with Gasteiger partial charge in [0.25, 0.3) is 0 Å². The van der Waals surface area contributed by atoms with E-state index in [4.69, 9.17) is 5.73 Å². The molecule has 0 amide bonds. The molecule has 20 heavy (non-hydrogen) atoms. The second kappa shape index (κ2) is 4.86. The Labute approximate surface area is 120 Å². The number of hydrogen-bond acceptors (Lipinski definition) is 3. The molecule has 2 N–H and O–H groups in total. The third-order valence-electron chi connectivity index (χ3n) is 4.53. The molecule has 0 bridgehead atoms. The first-order valence-corrected chi connectivity index (χ1v) is 8.74. The molecule has 2 fully saturated rings. The van der Waals surface area contributed by atoms with Crippen LogP contribution >= 0.6 is 0 Å². The van der Waals surface area contributed by atoms with Gasteiger partial charge in [-0.05, 0) is 37.2 Å². The molecule has 6 heteroatoms. The topological polar surface area (TPSA) is 68.3 Å². The molecule has 0 saturated heterocycles. The van der Waals surface area contributed by atoms with Crippen LogP contribution in [-0.2, 0) is 16.6 Å². The van der Waals surface area contributed by atoms with Crippen molar-refractivity contribution in [2.75, 3.05) is 13.6 Å². The fourth-order valence-electron chi connectivity index (χ4n) is 2.76. The summed E-state index contributed by atoms with van der Waals surface area (Å²) in [5.74, 6) is 1.18. The highest BCUT2D eigenvalue weighted by Crippen LogP contribution is 2.40. The summed E-state index contributed by atoms with van der Waals surface area (Å²) in [5.41, 5.74) is 6.64. The van der Waals surface area contributed by atoms with Gasteiger partial charge in [0.2, 0.25) is 10.0 Å². The summed E-state index contributed by atoms with van der Waals surface area (Å²) in [6, 6.07) is 2.19. The van der Waals surface area contributed by atoms with Crippen LogP contribution in [0.1, 0.15) is 37.9 Å². The van der Waals surface area contributed by atoms with Crippen LogP contribution in [-0.4, -0.2) is 30.9 Å². The van der Waals surface area contributed by atoms with Gasteiger partial charge in [0.05, 0.1) is 0 Å². The number of rotatable bonds is 6. The van der Waals surface area contributed by atoms with Crippen LogP contribution in [0.15, 0.2) is 17.2 Å². The van der Waals surface area contributed by atoms with E-state index in [1.54, 1.807) is 19.3 Å². The van der Waals surface area contributed by atoms with Crippen LogP contribution in [0.5, 0.6) is 0 Å². The van der Waals surface area contributed by atoms with E-state index in [-0.39, 0.29) is 0 Å². The van der Waals surface area contributed by atoms with E-state index < -0.39 is 10.0 Å². The normalized spacial score (nSPS) is 26.2. The van der Waals surface area contributed by atoms with Crippen molar-refractivity contribution in [2.45, 2.75) is 43.7 Å². The molecular formula is C14H23N3O2S. The van der Waals surface area contributed by atoms with Crippen LogP contribution in [0.2, 0.25) is 0 Å². The van der Waals surface area contributed by atoms with E-state index in [9.17, 15) is 8.42 Å². The summed E-state index contributed by atoms with van der Waals surface area (Å²) in [6.45, 7) is 3.17. The molecule has 5 nitrogen and oxygen atoms in total. The highest BCUT2D eigenvalue weighted by Gasteiger charge is 2.37. The Kier molecular flexibility index (Phi) is 3.43. The van der Waals surface area contributed by atoms with Gasteiger partial charge in [-0.1, -0.05) is 6.92 Å². The summed E-state index contributed by atoms with van der Waals surface area (Å²) < 4.78 is 28.7. The first-order valence-electron chi connectivity index (χ1n) is 7.30. The summed E-state index contributed by atoms with van der Waals surface area (Å²) in [4.78, 5) is 0.389. The fourth-order valence-corrected chi connectivity index (χ4v) is 4.04. The SMILES string of the molecule is CC1CC1CN(C)S(=O)(=O)c1cc(CN)n(C2CC2)c1. The van der Waals surface area contributed by atoms with Crippen LogP contribution in [0.25, 0.3) is 0 Å². The van der Waals surface area contributed by atoms with E-state index in [1.165, 1.54) is 4.31 Å². The molecule has 0 radical (unpaired) electrons. The highest BCUT2D eigenvalue weighted by atomic mass is 32.2. The first kappa shape index (κ1) is 14.1. The molecule has 0 aliphatic heterocycles. The first-order chi connectivity index (χ1) is 9.43. The van der Waals surface area contributed by atoms with E-state index in [0.717, 1.165) is 25.0 Å². The van der Waals surface area contributed by atoms with E-state index in [1.807, 2.05) is 4.57 Å². The van der Waals surface area contributed by atoms with Crippen LogP contribution < -0.4 is 5.73 Å². The number of aromatic nitrogens is 1. The fraction of sp³-hybridized carbons (Fsp3) is 0.714. The lowest BCUT2D eigenvalue weighted by Gasteiger charge is -2.15. The van der Waals surface area contributed by atoms with E-state index in [0.29, 0.717) is 35.9 Å². The second-order valence-electron chi connectivity index (χ2n) is 6.27. The Morgan fingerprint density at radius 3 is 2.60 bits per heavy atom. The van der Waals surface area contributed by atoms with Crippen molar-refractivity contribution in [3.63, 3.8) is 0 Å². The molecule has 1 aromatic heterocycles. The molecule has 0 spiro atoms. The molecular weight excluding hydrogens is 274 g/mol. The number of nitrogens with two attached hydrogens (primary N) is 1. The predicted octanol–water partition coefficient (Wildman–Crippen LogP) is 1.56. The van der Waals surface area contributed by atoms with Gasteiger partial charge in [-0.2, -0.15) is 0 Å². The Hall–Kier alpha value is -0.850. The molecule has 2 saturated carbocycles. The second-order valence-corrected chi connectivity index (χ2v) is 8.31. The summed E-state index contributed by atoms with van der Waals surface area (Å²) in [5, 5.41) is 0. The van der Waals surface area contributed by atoms with Crippen molar-refractivity contribution in [2.24, 2.45) is 17.6 Å². The quantitative estimate of drug-likeness (QED) is 0.866. The van der Waals surface area contributed by atoms with Crippen molar-refractivity contribution in [1.82, 2.24) is 8.87 Å². The minimum absolute atomic E-state index is 0.384. The lowest BCUT2D eigenvalue weighted by atomic mass is 10.3. The number of nitrogens with zero attached hydrogens (tertiary/aromatic N) is 2. The van der Waals surface area contributed by atoms with E-state index in [2.05, 4.69) is 6.92 Å². The third kappa shape index (κ3) is 2.52. The molecule has 2 unspecified atom stereocenters. The average Bonchev–Trinajstić information content (AvgIpc) is 3.31. The maximum absolute atomic E-state index is 12.6. The monoisotopic (exact) mass is 297 g/mol. The molecule has 2 aliphatic carbocycles. The van der Waals surface area contributed by atoms with Gasteiger partial charge in [-0.3, -0.25) is 0 Å².